The predicted octanol–water partition coefficient (Wildman–Crippen LogP) is -1.37. The van der Waals surface area contributed by atoms with Crippen LogP contribution in [0, 0.1) is 5.21 Å². The van der Waals surface area contributed by atoms with Gasteiger partial charge in [-0.3, -0.25) is 0 Å². The first-order chi connectivity index (χ1) is 6.72. The van der Waals surface area contributed by atoms with Crippen LogP contribution in [0.25, 0.3) is 0 Å². The van der Waals surface area contributed by atoms with Crippen LogP contribution in [0.15, 0.2) is 23.4 Å². The van der Waals surface area contributed by atoms with E-state index in [0.29, 0.717) is 17.2 Å². The van der Waals surface area contributed by atoms with Gasteiger partial charge in [0.2, 0.25) is 0 Å². The van der Waals surface area contributed by atoms with E-state index in [0.717, 1.165) is 5.56 Å². The quantitative estimate of drug-likeness (QED) is 0.350. The third-order valence-electron chi connectivity index (χ3n) is 1.94. The molecule has 0 saturated carbocycles. The second-order valence-corrected chi connectivity index (χ2v) is 2.75. The number of benzene rings is 1. The summed E-state index contributed by atoms with van der Waals surface area (Å²) in [6.45, 7) is 1.65. The minimum Gasteiger partial charge on any atom is -0.792 e. The maximum absolute atomic E-state index is 10.3. The Kier molecular flexibility index (Phi) is 9.62. The van der Waals surface area contributed by atoms with Crippen molar-refractivity contribution in [3.8, 4) is 11.5 Å². The molecule has 0 aliphatic rings. The van der Waals surface area contributed by atoms with Crippen molar-refractivity contribution in [3.05, 3.63) is 29.0 Å². The van der Waals surface area contributed by atoms with Crippen LogP contribution < -0.4 is 28.3 Å². The zero-order valence-electron chi connectivity index (χ0n) is 10.4. The molecule has 0 aliphatic heterocycles. The van der Waals surface area contributed by atoms with Gasteiger partial charge in [0.15, 0.2) is 11.5 Å². The molecule has 0 heterocycles. The summed E-state index contributed by atoms with van der Waals surface area (Å²) in [5.74, 6) is 1.22. The van der Waals surface area contributed by atoms with Gasteiger partial charge in [-0.15, -0.1) is 0 Å². The number of hydrogen-bond donors (Lipinski definition) is 0. The molecule has 77 valence electrons. The maximum Gasteiger partial charge on any atom is 1.00 e. The molecule has 0 aromatic heterocycles. The Bertz CT molecular complexity index is 356. The third kappa shape index (κ3) is 4.16. The molecule has 0 fully saturated rings. The minimum atomic E-state index is 0. The van der Waals surface area contributed by atoms with Gasteiger partial charge in [0.05, 0.1) is 14.2 Å². The smallest absolute Gasteiger partial charge is 0.792 e. The number of hydrogen-bond acceptors (Lipinski definition) is 4. The molecule has 4 nitrogen and oxygen atoms in total. The van der Waals surface area contributed by atoms with Gasteiger partial charge >= 0.3 is 18.9 Å². The Hall–Kier alpha value is -0.515. The molecular formula is C10H12Li2NO3. The second kappa shape index (κ2) is 8.62. The van der Waals surface area contributed by atoms with Crippen LogP contribution in [0.3, 0.4) is 0 Å². The zero-order valence-corrected chi connectivity index (χ0v) is 10.4. The first kappa shape index (κ1) is 17.9. The summed E-state index contributed by atoms with van der Waals surface area (Å²) >= 11 is 0. The van der Waals surface area contributed by atoms with Gasteiger partial charge in [-0.2, -0.15) is 0 Å². The summed E-state index contributed by atoms with van der Waals surface area (Å²) < 4.78 is 10.2. The molecule has 0 aliphatic carbocycles. The molecule has 1 rings (SSSR count). The molecule has 0 amide bonds. The number of ether oxygens (including phenoxy) is 2. The van der Waals surface area contributed by atoms with Crippen LogP contribution >= 0.6 is 0 Å². The largest absolute Gasteiger partial charge is 1.00 e. The van der Waals surface area contributed by atoms with Gasteiger partial charge in [-0.25, -0.2) is 0 Å². The van der Waals surface area contributed by atoms with E-state index in [9.17, 15) is 5.21 Å². The van der Waals surface area contributed by atoms with E-state index in [1.165, 1.54) is 0 Å². The Morgan fingerprint density at radius 2 is 1.75 bits per heavy atom. The van der Waals surface area contributed by atoms with E-state index >= 15 is 0 Å². The van der Waals surface area contributed by atoms with E-state index < -0.39 is 0 Å². The van der Waals surface area contributed by atoms with Crippen molar-refractivity contribution in [2.24, 2.45) is 5.16 Å². The standard InChI is InChI=1S/C10H13NO3.2Li/c1-7(11-12)8-4-5-9(13-2)10(6-8)14-3;;/h4-6,12H,1-3H3;;/q;;+1/p-1/b11-7-;;. The van der Waals surface area contributed by atoms with Crippen LogP contribution in [-0.4, -0.2) is 38.8 Å². The van der Waals surface area contributed by atoms with Crippen molar-refractivity contribution in [1.82, 2.24) is 0 Å². The van der Waals surface area contributed by atoms with E-state index in [2.05, 4.69) is 5.16 Å². The topological polar surface area (TPSA) is 53.9 Å². The second-order valence-electron chi connectivity index (χ2n) is 2.75. The van der Waals surface area contributed by atoms with E-state index in [1.807, 2.05) is 0 Å². The molecule has 0 atom stereocenters. The molecule has 1 radical (unpaired) electrons. The summed E-state index contributed by atoms with van der Waals surface area (Å²) in [7, 11) is 3.11. The molecule has 1 aromatic carbocycles. The molecular weight excluding hydrogens is 196 g/mol. The fourth-order valence-electron chi connectivity index (χ4n) is 1.11. The number of rotatable bonds is 3. The Balaban J connectivity index is 0. The fraction of sp³-hybridized carbons (Fsp3) is 0.300. The van der Waals surface area contributed by atoms with Crippen molar-refractivity contribution in [1.29, 1.82) is 0 Å². The van der Waals surface area contributed by atoms with Gasteiger partial charge < -0.3 is 19.8 Å². The molecule has 0 unspecified atom stereocenters. The molecule has 16 heavy (non-hydrogen) atoms. The third-order valence-corrected chi connectivity index (χ3v) is 1.94. The van der Waals surface area contributed by atoms with Crippen molar-refractivity contribution in [2.45, 2.75) is 6.92 Å². The molecule has 6 heteroatoms. The van der Waals surface area contributed by atoms with Crippen molar-refractivity contribution >= 4 is 24.6 Å². The van der Waals surface area contributed by atoms with Gasteiger partial charge in [-0.1, -0.05) is 0 Å². The van der Waals surface area contributed by atoms with Crippen LogP contribution in [0.2, 0.25) is 0 Å². The Morgan fingerprint density at radius 3 is 2.19 bits per heavy atom. The maximum atomic E-state index is 10.3. The van der Waals surface area contributed by atoms with E-state index in [4.69, 9.17) is 9.47 Å². The fourth-order valence-corrected chi connectivity index (χ4v) is 1.11. The number of nitrogens with zero attached hydrogens (tertiary/aromatic N) is 1. The minimum absolute atomic E-state index is 0. The van der Waals surface area contributed by atoms with Gasteiger partial charge in [0.25, 0.3) is 0 Å². The average molecular weight is 208 g/mol. The molecule has 0 saturated heterocycles. The average Bonchev–Trinajstić information content (AvgIpc) is 2.26. The van der Waals surface area contributed by atoms with E-state index in [1.54, 1.807) is 39.3 Å². The Labute approximate surface area is 119 Å². The van der Waals surface area contributed by atoms with Crippen LogP contribution in [0.1, 0.15) is 12.5 Å². The van der Waals surface area contributed by atoms with Crippen LogP contribution in [0.4, 0.5) is 0 Å². The van der Waals surface area contributed by atoms with Gasteiger partial charge in [0.1, 0.15) is 0 Å². The molecule has 1 aromatic rings. The summed E-state index contributed by atoms with van der Waals surface area (Å²) in [6.07, 6.45) is 0. The normalized spacial score (nSPS) is 9.81. The zero-order chi connectivity index (χ0) is 10.6. The first-order valence-corrected chi connectivity index (χ1v) is 4.12. The van der Waals surface area contributed by atoms with Crippen molar-refractivity contribution in [2.75, 3.05) is 14.2 Å². The van der Waals surface area contributed by atoms with Gasteiger partial charge in [0, 0.05) is 24.6 Å². The monoisotopic (exact) mass is 208 g/mol. The summed E-state index contributed by atoms with van der Waals surface area (Å²) in [5.41, 5.74) is 1.16. The summed E-state index contributed by atoms with van der Waals surface area (Å²) in [4.78, 5) is 0. The molecule has 0 spiro atoms. The van der Waals surface area contributed by atoms with Gasteiger partial charge in [-0.05, 0) is 30.7 Å². The van der Waals surface area contributed by atoms with Crippen molar-refractivity contribution < 1.29 is 28.3 Å². The van der Waals surface area contributed by atoms with Crippen LogP contribution in [0.5, 0.6) is 11.5 Å². The van der Waals surface area contributed by atoms with Crippen molar-refractivity contribution in [3.63, 3.8) is 0 Å². The summed E-state index contributed by atoms with van der Waals surface area (Å²) in [5, 5.41) is 13.2. The predicted molar refractivity (Wildman–Crippen MR) is 60.9 cm³/mol. The van der Waals surface area contributed by atoms with Crippen LogP contribution in [-0.2, 0) is 0 Å². The van der Waals surface area contributed by atoms with E-state index in [-0.39, 0.29) is 37.7 Å². The SMILES string of the molecule is COc1ccc(/C(C)=N\[O-])cc1OC.[Li+].[Li]. The first-order valence-electron chi connectivity index (χ1n) is 4.12. The Morgan fingerprint density at radius 1 is 1.19 bits per heavy atom. The summed E-state index contributed by atoms with van der Waals surface area (Å²) in [6, 6.07) is 5.22. The molecule has 0 N–H and O–H groups in total. The number of methoxy groups -OCH3 is 2. The molecule has 0 bridgehead atoms.